The van der Waals surface area contributed by atoms with Crippen molar-refractivity contribution in [1.29, 1.82) is 0 Å². The molecule has 3 rings (SSSR count). The molecule has 1 unspecified atom stereocenters. The number of amides is 1. The van der Waals surface area contributed by atoms with Gasteiger partial charge in [-0.05, 0) is 49.3 Å². The largest absolute Gasteiger partial charge is 0.381 e. The number of hydrogen-bond acceptors (Lipinski definition) is 2. The Morgan fingerprint density at radius 2 is 2.05 bits per heavy atom. The van der Waals surface area contributed by atoms with Crippen molar-refractivity contribution in [2.75, 3.05) is 19.8 Å². The average Bonchev–Trinajstić information content (AvgIpc) is 2.47. The van der Waals surface area contributed by atoms with Crippen LogP contribution in [-0.2, 0) is 14.9 Å². The Balaban J connectivity index is 1.64. The lowest BCUT2D eigenvalue weighted by Gasteiger charge is -2.41. The quantitative estimate of drug-likeness (QED) is 0.926. The molecule has 1 heterocycles. The van der Waals surface area contributed by atoms with E-state index in [4.69, 9.17) is 4.74 Å². The first-order valence-electron chi connectivity index (χ1n) is 7.83. The van der Waals surface area contributed by atoms with Gasteiger partial charge in [0.25, 0.3) is 0 Å². The molecule has 114 valence electrons. The summed E-state index contributed by atoms with van der Waals surface area (Å²) < 4.78 is 18.5. The second-order valence-corrected chi connectivity index (χ2v) is 6.24. The normalized spacial score (nSPS) is 24.1. The van der Waals surface area contributed by atoms with Gasteiger partial charge in [0, 0.05) is 13.2 Å². The Morgan fingerprint density at radius 1 is 1.29 bits per heavy atom. The fourth-order valence-electron chi connectivity index (χ4n) is 3.32. The maximum absolute atomic E-state index is 13.1. The molecule has 0 radical (unpaired) electrons. The summed E-state index contributed by atoms with van der Waals surface area (Å²) in [5.74, 6) is 0.256. The topological polar surface area (TPSA) is 38.3 Å². The number of halogens is 1. The van der Waals surface area contributed by atoms with Crippen molar-refractivity contribution in [2.45, 2.75) is 37.5 Å². The lowest BCUT2D eigenvalue weighted by molar-refractivity contribution is -0.130. The molecular weight excluding hydrogens is 269 g/mol. The summed E-state index contributed by atoms with van der Waals surface area (Å²) in [5, 5.41) is 3.10. The predicted molar refractivity (Wildman–Crippen MR) is 78.5 cm³/mol. The highest BCUT2D eigenvalue weighted by Gasteiger charge is 2.45. The molecule has 1 saturated heterocycles. The molecule has 4 heteroatoms. The second-order valence-electron chi connectivity index (χ2n) is 6.24. The van der Waals surface area contributed by atoms with Crippen molar-refractivity contribution in [3.8, 4) is 0 Å². The zero-order valence-corrected chi connectivity index (χ0v) is 12.2. The fraction of sp³-hybridized carbons (Fsp3) is 0.588. The summed E-state index contributed by atoms with van der Waals surface area (Å²) in [7, 11) is 0. The lowest BCUT2D eigenvalue weighted by Crippen LogP contribution is -2.50. The molecule has 21 heavy (non-hydrogen) atoms. The first-order chi connectivity index (χ1) is 10.2. The zero-order valence-electron chi connectivity index (χ0n) is 12.2. The van der Waals surface area contributed by atoms with Crippen molar-refractivity contribution < 1.29 is 13.9 Å². The van der Waals surface area contributed by atoms with Gasteiger partial charge in [-0.3, -0.25) is 4.79 Å². The number of rotatable bonds is 4. The van der Waals surface area contributed by atoms with Crippen LogP contribution >= 0.6 is 0 Å². The molecule has 1 aromatic rings. The van der Waals surface area contributed by atoms with Crippen LogP contribution in [0.15, 0.2) is 24.3 Å². The minimum absolute atomic E-state index is 0.0888. The predicted octanol–water partition coefficient (Wildman–Crippen LogP) is 2.79. The Labute approximate surface area is 124 Å². The molecule has 1 saturated carbocycles. The van der Waals surface area contributed by atoms with Crippen LogP contribution in [0, 0.1) is 11.7 Å². The first-order valence-corrected chi connectivity index (χ1v) is 7.83. The second kappa shape index (κ2) is 6.14. The van der Waals surface area contributed by atoms with E-state index in [2.05, 4.69) is 5.32 Å². The molecule has 3 nitrogen and oxygen atoms in total. The maximum Gasteiger partial charge on any atom is 0.230 e. The van der Waals surface area contributed by atoms with Gasteiger partial charge in [0.15, 0.2) is 0 Å². The van der Waals surface area contributed by atoms with Crippen LogP contribution < -0.4 is 5.32 Å². The van der Waals surface area contributed by atoms with E-state index in [1.165, 1.54) is 12.1 Å². The number of benzene rings is 1. The van der Waals surface area contributed by atoms with Crippen molar-refractivity contribution >= 4 is 5.91 Å². The van der Waals surface area contributed by atoms with Gasteiger partial charge in [-0.25, -0.2) is 4.39 Å². The van der Waals surface area contributed by atoms with E-state index >= 15 is 0 Å². The molecule has 1 aliphatic carbocycles. The molecule has 0 spiro atoms. The Bertz CT molecular complexity index is 490. The fourth-order valence-corrected chi connectivity index (χ4v) is 3.32. The van der Waals surface area contributed by atoms with Crippen LogP contribution in [0.1, 0.15) is 37.7 Å². The SMILES string of the molecule is O=C(NCC1CCCOC1)C1(c2ccc(F)cc2)CCC1. The van der Waals surface area contributed by atoms with Gasteiger partial charge < -0.3 is 10.1 Å². The van der Waals surface area contributed by atoms with Crippen LogP contribution in [0.2, 0.25) is 0 Å². The molecular formula is C17H22FNO2. The highest BCUT2D eigenvalue weighted by Crippen LogP contribution is 2.44. The van der Waals surface area contributed by atoms with Crippen LogP contribution in [0.3, 0.4) is 0 Å². The molecule has 1 N–H and O–H groups in total. The van der Waals surface area contributed by atoms with Crippen LogP contribution in [0.4, 0.5) is 4.39 Å². The smallest absolute Gasteiger partial charge is 0.230 e. The van der Waals surface area contributed by atoms with E-state index < -0.39 is 5.41 Å². The first kappa shape index (κ1) is 14.5. The van der Waals surface area contributed by atoms with E-state index in [1.807, 2.05) is 0 Å². The van der Waals surface area contributed by atoms with Crippen LogP contribution in [0.5, 0.6) is 0 Å². The third-order valence-electron chi connectivity index (χ3n) is 4.84. The van der Waals surface area contributed by atoms with Crippen molar-refractivity contribution in [2.24, 2.45) is 5.92 Å². The van der Waals surface area contributed by atoms with E-state index in [0.717, 1.165) is 50.9 Å². The average molecular weight is 291 g/mol. The monoisotopic (exact) mass is 291 g/mol. The minimum Gasteiger partial charge on any atom is -0.381 e. The molecule has 1 aliphatic heterocycles. The summed E-state index contributed by atoms with van der Waals surface area (Å²) in [6.45, 7) is 2.26. The van der Waals surface area contributed by atoms with Gasteiger partial charge in [-0.2, -0.15) is 0 Å². The number of hydrogen-bond donors (Lipinski definition) is 1. The van der Waals surface area contributed by atoms with Gasteiger partial charge in [0.2, 0.25) is 5.91 Å². The number of carbonyl (C=O) groups is 1. The molecule has 2 aliphatic rings. The Kier molecular flexibility index (Phi) is 4.24. The summed E-state index contributed by atoms with van der Waals surface area (Å²) in [6, 6.07) is 6.38. The van der Waals surface area contributed by atoms with Gasteiger partial charge >= 0.3 is 0 Å². The van der Waals surface area contributed by atoms with E-state index in [0.29, 0.717) is 12.5 Å². The molecule has 1 aromatic carbocycles. The number of ether oxygens (including phenoxy) is 1. The lowest BCUT2D eigenvalue weighted by atomic mass is 9.63. The standard InChI is InChI=1S/C17H22FNO2/c18-15-6-4-14(5-7-15)17(8-2-9-17)16(20)19-11-13-3-1-10-21-12-13/h4-7,13H,1-3,8-12H2,(H,19,20). The van der Waals surface area contributed by atoms with Crippen molar-refractivity contribution in [1.82, 2.24) is 5.32 Å². The summed E-state index contributed by atoms with van der Waals surface area (Å²) >= 11 is 0. The van der Waals surface area contributed by atoms with Gasteiger partial charge in [0.05, 0.1) is 12.0 Å². The maximum atomic E-state index is 13.1. The third-order valence-corrected chi connectivity index (χ3v) is 4.84. The van der Waals surface area contributed by atoms with Crippen molar-refractivity contribution in [3.05, 3.63) is 35.6 Å². The van der Waals surface area contributed by atoms with Crippen LogP contribution in [0.25, 0.3) is 0 Å². The number of carbonyl (C=O) groups excluding carboxylic acids is 1. The summed E-state index contributed by atoms with van der Waals surface area (Å²) in [6.07, 6.45) is 4.95. The molecule has 0 aromatic heterocycles. The van der Waals surface area contributed by atoms with E-state index in [1.54, 1.807) is 12.1 Å². The molecule has 1 atom stereocenters. The van der Waals surface area contributed by atoms with Crippen LogP contribution in [-0.4, -0.2) is 25.7 Å². The van der Waals surface area contributed by atoms with E-state index in [9.17, 15) is 9.18 Å². The Hall–Kier alpha value is -1.42. The summed E-state index contributed by atoms with van der Waals surface area (Å²) in [4.78, 5) is 12.6. The number of nitrogens with one attached hydrogen (secondary N) is 1. The Morgan fingerprint density at radius 3 is 2.62 bits per heavy atom. The highest BCUT2D eigenvalue weighted by atomic mass is 19.1. The van der Waals surface area contributed by atoms with Gasteiger partial charge in [-0.1, -0.05) is 18.6 Å². The summed E-state index contributed by atoms with van der Waals surface area (Å²) in [5.41, 5.74) is 0.496. The van der Waals surface area contributed by atoms with E-state index in [-0.39, 0.29) is 11.7 Å². The molecule has 2 fully saturated rings. The molecule has 1 amide bonds. The third kappa shape index (κ3) is 2.95. The molecule has 0 bridgehead atoms. The zero-order chi connectivity index (χ0) is 14.7. The van der Waals surface area contributed by atoms with Crippen molar-refractivity contribution in [3.63, 3.8) is 0 Å². The highest BCUT2D eigenvalue weighted by molar-refractivity contribution is 5.89. The van der Waals surface area contributed by atoms with Gasteiger partial charge in [-0.15, -0.1) is 0 Å². The van der Waals surface area contributed by atoms with Gasteiger partial charge in [0.1, 0.15) is 5.82 Å². The minimum atomic E-state index is -0.441.